The molecule has 0 aliphatic heterocycles. The van der Waals surface area contributed by atoms with Crippen LogP contribution < -0.4 is 10.9 Å². The summed E-state index contributed by atoms with van der Waals surface area (Å²) in [5.41, 5.74) is 2.16. The van der Waals surface area contributed by atoms with Gasteiger partial charge in [0.1, 0.15) is 22.7 Å². The van der Waals surface area contributed by atoms with E-state index in [1.807, 2.05) is 72.8 Å². The van der Waals surface area contributed by atoms with E-state index in [0.717, 1.165) is 0 Å². The van der Waals surface area contributed by atoms with Crippen molar-refractivity contribution >= 4 is 21.9 Å². The van der Waals surface area contributed by atoms with Crippen LogP contribution in [0.1, 0.15) is 0 Å². The number of hydrogen-bond acceptors (Lipinski definition) is 4. The molecule has 0 spiro atoms. The molecule has 2 heterocycles. The first-order valence-corrected chi connectivity index (χ1v) is 11.0. The van der Waals surface area contributed by atoms with Crippen molar-refractivity contribution in [3.63, 3.8) is 0 Å². The van der Waals surface area contributed by atoms with Gasteiger partial charge in [-0.05, 0) is 24.3 Å². The van der Waals surface area contributed by atoms with Gasteiger partial charge in [0.25, 0.3) is 0 Å². The second kappa shape index (κ2) is 9.22. The monoisotopic (exact) mass is 497 g/mol. The maximum Gasteiger partial charge on any atom is 0.201 e. The third-order valence-corrected chi connectivity index (χ3v) is 5.92. The molecule has 0 bridgehead atoms. The van der Waals surface area contributed by atoms with E-state index in [0.29, 0.717) is 44.6 Å². The predicted molar refractivity (Wildman–Crippen MR) is 135 cm³/mol. The van der Waals surface area contributed by atoms with E-state index in [9.17, 15) is 9.59 Å². The van der Waals surface area contributed by atoms with Gasteiger partial charge in [0.15, 0.2) is 0 Å². The fourth-order valence-electron chi connectivity index (χ4n) is 4.32. The minimum atomic E-state index is -0.277. The third-order valence-electron chi connectivity index (χ3n) is 5.92. The molecule has 35 heavy (non-hydrogen) atoms. The third kappa shape index (κ3) is 3.81. The molecule has 0 aliphatic rings. The molecule has 6 rings (SSSR count). The van der Waals surface area contributed by atoms with Crippen LogP contribution in [0.25, 0.3) is 55.7 Å². The largest absolute Gasteiger partial charge is 0.455 e. The van der Waals surface area contributed by atoms with Gasteiger partial charge in [-0.3, -0.25) is 9.59 Å². The first kappa shape index (κ1) is 22.6. The Labute approximate surface area is 210 Å². The van der Waals surface area contributed by atoms with Crippen LogP contribution in [0, 0.1) is 0 Å². The van der Waals surface area contributed by atoms with Gasteiger partial charge >= 0.3 is 0 Å². The van der Waals surface area contributed by atoms with Gasteiger partial charge < -0.3 is 8.83 Å². The summed E-state index contributed by atoms with van der Waals surface area (Å²) in [7, 11) is 0. The zero-order chi connectivity index (χ0) is 23.1. The van der Waals surface area contributed by atoms with Crippen molar-refractivity contribution in [1.29, 1.82) is 0 Å². The van der Waals surface area contributed by atoms with Gasteiger partial charge in [0, 0.05) is 28.2 Å². The number of fused-ring (bicyclic) bond motifs is 2. The van der Waals surface area contributed by atoms with Gasteiger partial charge in [0.05, 0.1) is 21.9 Å². The van der Waals surface area contributed by atoms with Gasteiger partial charge in [-0.1, -0.05) is 84.9 Å². The van der Waals surface area contributed by atoms with Crippen LogP contribution in [-0.2, 0) is 17.1 Å². The van der Waals surface area contributed by atoms with Crippen molar-refractivity contribution in [2.45, 2.75) is 0 Å². The normalized spacial score (nSPS) is 10.9. The average molecular weight is 497 g/mol. The average Bonchev–Trinajstić information content (AvgIpc) is 2.90. The summed E-state index contributed by atoms with van der Waals surface area (Å²) in [5.74, 6) is 0.674. The Kier molecular flexibility index (Phi) is 5.96. The molecule has 4 aromatic carbocycles. The second-order valence-electron chi connectivity index (χ2n) is 7.99. The molecular weight excluding hydrogens is 479 g/mol. The van der Waals surface area contributed by atoms with Gasteiger partial charge in [-0.15, -0.1) is 0 Å². The zero-order valence-corrected chi connectivity index (χ0v) is 19.6. The Balaban J connectivity index is 0.00000253. The van der Waals surface area contributed by atoms with E-state index < -0.39 is 0 Å². The Morgan fingerprint density at radius 3 is 1.17 bits per heavy atom. The van der Waals surface area contributed by atoms with Crippen LogP contribution in [0.15, 0.2) is 128 Å². The molecule has 0 saturated heterocycles. The molecule has 4 nitrogen and oxygen atoms in total. The van der Waals surface area contributed by atoms with Crippen molar-refractivity contribution in [2.75, 3.05) is 0 Å². The minimum Gasteiger partial charge on any atom is -0.455 e. The van der Waals surface area contributed by atoms with E-state index in [1.54, 1.807) is 36.4 Å². The van der Waals surface area contributed by atoms with Gasteiger partial charge in [-0.2, -0.15) is 0 Å². The molecule has 1 radical (unpaired) electrons. The molecule has 2 aromatic heterocycles. The molecular formula is C30H18MnO4. The summed E-state index contributed by atoms with van der Waals surface area (Å²) in [6.07, 6.45) is 0. The summed E-state index contributed by atoms with van der Waals surface area (Å²) in [4.78, 5) is 27.9. The maximum atomic E-state index is 14.0. The quantitative estimate of drug-likeness (QED) is 0.250. The molecule has 0 atom stereocenters. The van der Waals surface area contributed by atoms with E-state index in [2.05, 4.69) is 0 Å². The Morgan fingerprint density at radius 2 is 0.771 bits per heavy atom. The fraction of sp³-hybridized carbons (Fsp3) is 0. The van der Waals surface area contributed by atoms with Crippen LogP contribution in [0.4, 0.5) is 0 Å². The fourth-order valence-corrected chi connectivity index (χ4v) is 4.32. The minimum absolute atomic E-state index is 0. The zero-order valence-electron chi connectivity index (χ0n) is 18.4. The van der Waals surface area contributed by atoms with E-state index in [1.165, 1.54) is 0 Å². The molecule has 5 heteroatoms. The van der Waals surface area contributed by atoms with E-state index in [4.69, 9.17) is 8.83 Å². The van der Waals surface area contributed by atoms with Gasteiger partial charge in [-0.25, -0.2) is 0 Å². The van der Waals surface area contributed by atoms with Crippen molar-refractivity contribution in [3.05, 3.63) is 130 Å². The molecule has 0 N–H and O–H groups in total. The molecule has 6 aromatic rings. The van der Waals surface area contributed by atoms with Crippen molar-refractivity contribution in [3.8, 4) is 33.8 Å². The summed E-state index contributed by atoms with van der Waals surface area (Å²) in [5, 5.41) is 0.813. The summed E-state index contributed by atoms with van der Waals surface area (Å²) < 4.78 is 12.6. The van der Waals surface area contributed by atoms with Crippen molar-refractivity contribution < 1.29 is 25.9 Å². The SMILES string of the molecule is O=c1c(-c2c(-c3ccccc3)oc3ccccc3c2=O)c(-c2ccccc2)oc2ccccc12.[Mn]. The maximum absolute atomic E-state index is 14.0. The first-order chi connectivity index (χ1) is 16.7. The Bertz CT molecular complexity index is 1650. The van der Waals surface area contributed by atoms with Crippen LogP contribution in [0.3, 0.4) is 0 Å². The standard InChI is InChI=1S/C30H18O4.Mn/c31-27-21-15-7-9-17-23(21)33-29(19-11-3-1-4-12-19)25(27)26-28(32)22-16-8-10-18-24(22)34-30(26)20-13-5-2-6-14-20;/h1-18H;. The van der Waals surface area contributed by atoms with Crippen molar-refractivity contribution in [2.24, 2.45) is 0 Å². The van der Waals surface area contributed by atoms with Crippen LogP contribution in [0.5, 0.6) is 0 Å². The smallest absolute Gasteiger partial charge is 0.201 e. The topological polar surface area (TPSA) is 60.4 Å². The number of rotatable bonds is 3. The Hall–Kier alpha value is -4.18. The van der Waals surface area contributed by atoms with Crippen molar-refractivity contribution in [1.82, 2.24) is 0 Å². The van der Waals surface area contributed by atoms with E-state index in [-0.39, 0.29) is 39.1 Å². The number of hydrogen-bond donors (Lipinski definition) is 0. The molecule has 169 valence electrons. The molecule has 0 amide bonds. The van der Waals surface area contributed by atoms with Gasteiger partial charge in [0.2, 0.25) is 10.9 Å². The molecule has 0 aliphatic carbocycles. The summed E-state index contributed by atoms with van der Waals surface area (Å²) in [6, 6.07) is 32.9. The van der Waals surface area contributed by atoms with Crippen LogP contribution >= 0.6 is 0 Å². The molecule has 0 unspecified atom stereocenters. The second-order valence-corrected chi connectivity index (χ2v) is 7.99. The summed E-state index contributed by atoms with van der Waals surface area (Å²) >= 11 is 0. The first-order valence-electron chi connectivity index (χ1n) is 11.0. The van der Waals surface area contributed by atoms with Crippen LogP contribution in [0.2, 0.25) is 0 Å². The summed E-state index contributed by atoms with van der Waals surface area (Å²) in [6.45, 7) is 0. The Morgan fingerprint density at radius 1 is 0.429 bits per heavy atom. The number of para-hydroxylation sites is 2. The molecule has 0 saturated carbocycles. The predicted octanol–water partition coefficient (Wildman–Crippen LogP) is 6.90. The number of benzene rings is 4. The van der Waals surface area contributed by atoms with Crippen LogP contribution in [-0.4, -0.2) is 0 Å². The van der Waals surface area contributed by atoms with E-state index >= 15 is 0 Å². The molecule has 0 fully saturated rings.